The molecule has 1 aliphatic heterocycles. The number of rotatable bonds is 3. The molecule has 1 unspecified atom stereocenters. The molecule has 0 spiro atoms. The zero-order valence-corrected chi connectivity index (χ0v) is 9.28. The van der Waals surface area contributed by atoms with Crippen LogP contribution in [0.3, 0.4) is 0 Å². The number of nitrogens with one attached hydrogen (secondary N) is 1. The smallest absolute Gasteiger partial charge is 0.155 e. The summed E-state index contributed by atoms with van der Waals surface area (Å²) < 4.78 is 0. The fraction of sp³-hybridized carbons (Fsp3) is 0.909. The van der Waals surface area contributed by atoms with Gasteiger partial charge < -0.3 is 5.32 Å². The summed E-state index contributed by atoms with van der Waals surface area (Å²) in [7, 11) is 0. The topological polar surface area (TPSA) is 29.1 Å². The third-order valence-electron chi connectivity index (χ3n) is 3.28. The molecule has 1 aliphatic carbocycles. The molecule has 1 heterocycles. The van der Waals surface area contributed by atoms with Crippen LogP contribution in [0.25, 0.3) is 0 Å². The Bertz CT molecular complexity index is 217. The van der Waals surface area contributed by atoms with Crippen molar-refractivity contribution in [3.63, 3.8) is 0 Å². The van der Waals surface area contributed by atoms with E-state index in [1.54, 1.807) is 0 Å². The molecule has 0 bridgehead atoms. The number of Topliss-reactive ketones (excluding diaryl/α,β-unsaturated/α-hetero) is 1. The van der Waals surface area contributed by atoms with Crippen LogP contribution in [0.15, 0.2) is 0 Å². The molecule has 1 saturated heterocycles. The van der Waals surface area contributed by atoms with E-state index < -0.39 is 4.87 Å². The van der Waals surface area contributed by atoms with Gasteiger partial charge >= 0.3 is 0 Å². The van der Waals surface area contributed by atoms with E-state index in [0.717, 1.165) is 25.8 Å². The SMILES string of the molecule is O=C(CC1CCCCCN1)C1(Cl)CC1. The van der Waals surface area contributed by atoms with Crippen molar-refractivity contribution >= 4 is 17.4 Å². The van der Waals surface area contributed by atoms with Gasteiger partial charge in [-0.3, -0.25) is 4.79 Å². The average Bonchev–Trinajstić information content (AvgIpc) is 2.92. The highest BCUT2D eigenvalue weighted by atomic mass is 35.5. The van der Waals surface area contributed by atoms with Gasteiger partial charge in [0.2, 0.25) is 0 Å². The van der Waals surface area contributed by atoms with E-state index in [1.807, 2.05) is 0 Å². The van der Waals surface area contributed by atoms with Gasteiger partial charge in [-0.25, -0.2) is 0 Å². The molecule has 1 atom stereocenters. The molecule has 1 N–H and O–H groups in total. The van der Waals surface area contributed by atoms with E-state index in [2.05, 4.69) is 5.32 Å². The molecule has 80 valence electrons. The number of hydrogen-bond donors (Lipinski definition) is 1. The Labute approximate surface area is 90.4 Å². The summed E-state index contributed by atoms with van der Waals surface area (Å²) in [6.07, 6.45) is 7.35. The van der Waals surface area contributed by atoms with Gasteiger partial charge in [-0.1, -0.05) is 12.8 Å². The lowest BCUT2D eigenvalue weighted by molar-refractivity contribution is -0.119. The first-order valence-corrected chi connectivity index (χ1v) is 6.04. The lowest BCUT2D eigenvalue weighted by Crippen LogP contribution is -2.33. The van der Waals surface area contributed by atoms with Gasteiger partial charge in [-0.05, 0) is 32.2 Å². The van der Waals surface area contributed by atoms with Crippen molar-refractivity contribution in [1.29, 1.82) is 0 Å². The van der Waals surface area contributed by atoms with E-state index in [4.69, 9.17) is 11.6 Å². The first kappa shape index (κ1) is 10.4. The van der Waals surface area contributed by atoms with Crippen LogP contribution < -0.4 is 5.32 Å². The summed E-state index contributed by atoms with van der Waals surface area (Å²) >= 11 is 6.08. The van der Waals surface area contributed by atoms with Gasteiger partial charge in [0.25, 0.3) is 0 Å². The van der Waals surface area contributed by atoms with Gasteiger partial charge in [0, 0.05) is 12.5 Å². The Balaban J connectivity index is 1.80. The van der Waals surface area contributed by atoms with Crippen molar-refractivity contribution in [3.05, 3.63) is 0 Å². The second-order valence-electron chi connectivity index (χ2n) is 4.59. The molecular formula is C11H18ClNO. The highest BCUT2D eigenvalue weighted by molar-refractivity contribution is 6.37. The minimum atomic E-state index is -0.450. The first-order valence-electron chi connectivity index (χ1n) is 5.66. The van der Waals surface area contributed by atoms with Crippen molar-refractivity contribution in [3.8, 4) is 0 Å². The van der Waals surface area contributed by atoms with E-state index in [-0.39, 0.29) is 5.78 Å². The van der Waals surface area contributed by atoms with Crippen molar-refractivity contribution in [1.82, 2.24) is 5.32 Å². The van der Waals surface area contributed by atoms with Crippen LogP contribution in [0, 0.1) is 0 Å². The monoisotopic (exact) mass is 215 g/mol. The lowest BCUT2D eigenvalue weighted by Gasteiger charge is -2.16. The summed E-state index contributed by atoms with van der Waals surface area (Å²) in [5, 5.41) is 3.43. The van der Waals surface area contributed by atoms with E-state index >= 15 is 0 Å². The Morgan fingerprint density at radius 3 is 2.86 bits per heavy atom. The Kier molecular flexibility index (Phi) is 3.13. The van der Waals surface area contributed by atoms with Gasteiger partial charge in [0.05, 0.1) is 0 Å². The highest BCUT2D eigenvalue weighted by Crippen LogP contribution is 2.44. The van der Waals surface area contributed by atoms with Gasteiger partial charge in [0.15, 0.2) is 5.78 Å². The molecular weight excluding hydrogens is 198 g/mol. The quantitative estimate of drug-likeness (QED) is 0.732. The minimum absolute atomic E-state index is 0.263. The van der Waals surface area contributed by atoms with Gasteiger partial charge in [0.1, 0.15) is 4.87 Å². The molecule has 0 amide bonds. The molecule has 2 fully saturated rings. The van der Waals surface area contributed by atoms with Crippen LogP contribution in [0.2, 0.25) is 0 Å². The van der Waals surface area contributed by atoms with E-state index in [9.17, 15) is 4.79 Å². The minimum Gasteiger partial charge on any atom is -0.314 e. The molecule has 3 heteroatoms. The molecule has 2 aliphatic rings. The van der Waals surface area contributed by atoms with Crippen LogP contribution in [0.4, 0.5) is 0 Å². The maximum atomic E-state index is 11.7. The second kappa shape index (κ2) is 4.19. The fourth-order valence-electron chi connectivity index (χ4n) is 2.07. The normalized spacial score (nSPS) is 30.8. The number of hydrogen-bond acceptors (Lipinski definition) is 2. The maximum Gasteiger partial charge on any atom is 0.155 e. The number of halogens is 1. The second-order valence-corrected chi connectivity index (χ2v) is 5.32. The Hall–Kier alpha value is -0.0800. The highest BCUT2D eigenvalue weighted by Gasteiger charge is 2.47. The van der Waals surface area contributed by atoms with E-state index in [0.29, 0.717) is 12.5 Å². The van der Waals surface area contributed by atoms with Crippen molar-refractivity contribution in [2.45, 2.75) is 55.9 Å². The molecule has 0 aromatic rings. The lowest BCUT2D eigenvalue weighted by atomic mass is 10.0. The van der Waals surface area contributed by atoms with Crippen LogP contribution in [-0.4, -0.2) is 23.2 Å². The molecule has 0 radical (unpaired) electrons. The molecule has 1 saturated carbocycles. The predicted octanol–water partition coefficient (Wildman–Crippen LogP) is 2.25. The molecule has 2 rings (SSSR count). The zero-order chi connectivity index (χ0) is 10.0. The molecule has 0 aromatic heterocycles. The third-order valence-corrected chi connectivity index (χ3v) is 3.87. The average molecular weight is 216 g/mol. The van der Waals surface area contributed by atoms with Gasteiger partial charge in [-0.2, -0.15) is 0 Å². The summed E-state index contributed by atoms with van der Waals surface area (Å²) in [4.78, 5) is 11.3. The number of alkyl halides is 1. The largest absolute Gasteiger partial charge is 0.314 e. The zero-order valence-electron chi connectivity index (χ0n) is 8.52. The van der Waals surface area contributed by atoms with Crippen molar-refractivity contribution in [2.75, 3.05) is 6.54 Å². The molecule has 0 aromatic carbocycles. The standard InChI is InChI=1S/C11H18ClNO/c12-11(5-6-11)10(14)8-9-4-2-1-3-7-13-9/h9,13H,1-8H2. The van der Waals surface area contributed by atoms with Crippen molar-refractivity contribution in [2.24, 2.45) is 0 Å². The van der Waals surface area contributed by atoms with Gasteiger partial charge in [-0.15, -0.1) is 11.6 Å². The van der Waals surface area contributed by atoms with Crippen molar-refractivity contribution < 1.29 is 4.79 Å². The summed E-state index contributed by atoms with van der Waals surface area (Å²) in [6.45, 7) is 1.06. The number of ketones is 1. The summed E-state index contributed by atoms with van der Waals surface area (Å²) in [5.74, 6) is 0.263. The predicted molar refractivity (Wildman–Crippen MR) is 57.7 cm³/mol. The van der Waals surface area contributed by atoms with E-state index in [1.165, 1.54) is 19.3 Å². The Morgan fingerprint density at radius 2 is 2.14 bits per heavy atom. The van der Waals surface area contributed by atoms with Crippen LogP contribution in [-0.2, 0) is 4.79 Å². The number of carbonyl (C=O) groups is 1. The molecule has 2 nitrogen and oxygen atoms in total. The first-order chi connectivity index (χ1) is 6.71. The maximum absolute atomic E-state index is 11.7. The number of carbonyl (C=O) groups excluding carboxylic acids is 1. The van der Waals surface area contributed by atoms with Crippen LogP contribution >= 0.6 is 11.6 Å². The fourth-order valence-corrected chi connectivity index (χ4v) is 2.24. The van der Waals surface area contributed by atoms with Crippen LogP contribution in [0.5, 0.6) is 0 Å². The Morgan fingerprint density at radius 1 is 1.36 bits per heavy atom. The molecule has 14 heavy (non-hydrogen) atoms. The summed E-state index contributed by atoms with van der Waals surface area (Å²) in [5.41, 5.74) is 0. The third kappa shape index (κ3) is 2.48. The van der Waals surface area contributed by atoms with Crippen LogP contribution in [0.1, 0.15) is 44.9 Å². The summed E-state index contributed by atoms with van der Waals surface area (Å²) in [6, 6.07) is 0.390.